The molecule has 140 valence electrons. The number of aromatic carboxylic acids is 1. The Kier molecular flexibility index (Phi) is 4.48. The zero-order chi connectivity index (χ0) is 19.1. The maximum atomic E-state index is 12.4. The SMILES string of the molecule is O=C(O)c1ccc(P)cc1.O=C1C=C(N2CC2)C(=O)C(N2CC2)=C1N1CC1. The number of nitrogens with zero attached hydrogens (tertiary/aromatic N) is 3. The highest BCUT2D eigenvalue weighted by molar-refractivity contribution is 7.27. The molecular weight excluding hydrogens is 365 g/mol. The largest absolute Gasteiger partial charge is 0.478 e. The van der Waals surface area contributed by atoms with Gasteiger partial charge in [-0.1, -0.05) is 12.1 Å². The van der Waals surface area contributed by atoms with Crippen LogP contribution < -0.4 is 5.30 Å². The molecule has 8 heteroatoms. The van der Waals surface area contributed by atoms with E-state index >= 15 is 0 Å². The number of Topliss-reactive ketones (excluding diaryl/α,β-unsaturated/α-hetero) is 1. The minimum absolute atomic E-state index is 0.00546. The van der Waals surface area contributed by atoms with Crippen molar-refractivity contribution in [3.63, 3.8) is 0 Å². The van der Waals surface area contributed by atoms with Gasteiger partial charge in [0, 0.05) is 45.3 Å². The van der Waals surface area contributed by atoms with Crippen LogP contribution in [0.2, 0.25) is 0 Å². The number of carbonyl (C=O) groups excluding carboxylic acids is 2. The summed E-state index contributed by atoms with van der Waals surface area (Å²) < 4.78 is 0. The van der Waals surface area contributed by atoms with Gasteiger partial charge in [-0.2, -0.15) is 0 Å². The molecule has 3 fully saturated rings. The van der Waals surface area contributed by atoms with Gasteiger partial charge in [0.25, 0.3) is 0 Å². The molecule has 7 nitrogen and oxygen atoms in total. The lowest BCUT2D eigenvalue weighted by molar-refractivity contribution is -0.117. The van der Waals surface area contributed by atoms with Crippen molar-refractivity contribution >= 4 is 32.1 Å². The molecule has 3 heterocycles. The molecule has 1 aromatic carbocycles. The maximum absolute atomic E-state index is 12.4. The average Bonchev–Trinajstić information content (AvgIpc) is 3.48. The first-order valence-electron chi connectivity index (χ1n) is 8.84. The van der Waals surface area contributed by atoms with Gasteiger partial charge in [-0.15, -0.1) is 9.24 Å². The number of carboxylic acid groups (broad SMARTS) is 1. The fourth-order valence-corrected chi connectivity index (χ4v) is 3.09. The van der Waals surface area contributed by atoms with E-state index in [-0.39, 0.29) is 11.6 Å². The molecule has 0 amide bonds. The van der Waals surface area contributed by atoms with Gasteiger partial charge < -0.3 is 19.8 Å². The number of carboxylic acids is 1. The second-order valence-electron chi connectivity index (χ2n) is 6.81. The van der Waals surface area contributed by atoms with Gasteiger partial charge in [0.15, 0.2) is 0 Å². The van der Waals surface area contributed by atoms with E-state index in [0.717, 1.165) is 44.6 Å². The molecule has 0 saturated carbocycles. The quantitative estimate of drug-likeness (QED) is 0.446. The van der Waals surface area contributed by atoms with E-state index in [2.05, 4.69) is 9.24 Å². The van der Waals surface area contributed by atoms with Crippen molar-refractivity contribution in [2.45, 2.75) is 0 Å². The van der Waals surface area contributed by atoms with Crippen LogP contribution in [0.15, 0.2) is 47.4 Å². The lowest BCUT2D eigenvalue weighted by atomic mass is 10.0. The number of allylic oxidation sites excluding steroid dienone is 1. The van der Waals surface area contributed by atoms with Crippen LogP contribution in [-0.4, -0.2) is 76.6 Å². The third-order valence-corrected chi connectivity index (χ3v) is 5.03. The van der Waals surface area contributed by atoms with Crippen LogP contribution in [0.25, 0.3) is 0 Å². The first-order chi connectivity index (χ1) is 13.0. The fraction of sp³-hybridized carbons (Fsp3) is 0.316. The summed E-state index contributed by atoms with van der Waals surface area (Å²) in [6, 6.07) is 6.64. The summed E-state index contributed by atoms with van der Waals surface area (Å²) >= 11 is 0. The Labute approximate surface area is 159 Å². The fourth-order valence-electron chi connectivity index (χ4n) is 2.90. The molecule has 0 radical (unpaired) electrons. The van der Waals surface area contributed by atoms with Crippen molar-refractivity contribution in [2.24, 2.45) is 0 Å². The minimum atomic E-state index is -0.884. The Morgan fingerprint density at radius 3 is 1.85 bits per heavy atom. The molecule has 1 N–H and O–H groups in total. The van der Waals surface area contributed by atoms with E-state index in [4.69, 9.17) is 5.11 Å². The van der Waals surface area contributed by atoms with E-state index < -0.39 is 5.97 Å². The van der Waals surface area contributed by atoms with Crippen LogP contribution in [0.4, 0.5) is 0 Å². The highest BCUT2D eigenvalue weighted by Crippen LogP contribution is 2.33. The molecule has 4 aliphatic rings. The lowest BCUT2D eigenvalue weighted by Crippen LogP contribution is -2.29. The van der Waals surface area contributed by atoms with Gasteiger partial charge in [0.05, 0.1) is 11.3 Å². The Morgan fingerprint density at radius 1 is 0.852 bits per heavy atom. The summed E-state index contributed by atoms with van der Waals surface area (Å²) in [5.41, 5.74) is 2.21. The van der Waals surface area contributed by atoms with Gasteiger partial charge in [-0.3, -0.25) is 9.59 Å². The number of rotatable bonds is 4. The van der Waals surface area contributed by atoms with Crippen molar-refractivity contribution in [3.8, 4) is 0 Å². The maximum Gasteiger partial charge on any atom is 0.335 e. The van der Waals surface area contributed by atoms with Crippen molar-refractivity contribution in [3.05, 3.63) is 53.0 Å². The van der Waals surface area contributed by atoms with Gasteiger partial charge >= 0.3 is 5.97 Å². The molecule has 1 atom stereocenters. The topological polar surface area (TPSA) is 80.5 Å². The predicted molar refractivity (Wildman–Crippen MR) is 103 cm³/mol. The molecule has 0 aromatic heterocycles. The zero-order valence-electron chi connectivity index (χ0n) is 14.7. The van der Waals surface area contributed by atoms with Crippen molar-refractivity contribution in [2.75, 3.05) is 39.3 Å². The third kappa shape index (κ3) is 3.88. The second-order valence-corrected chi connectivity index (χ2v) is 7.48. The van der Waals surface area contributed by atoms with Crippen molar-refractivity contribution < 1.29 is 19.5 Å². The number of carbonyl (C=O) groups is 3. The monoisotopic (exact) mass is 385 g/mol. The molecule has 3 saturated heterocycles. The van der Waals surface area contributed by atoms with Crippen LogP contribution in [0.5, 0.6) is 0 Å². The summed E-state index contributed by atoms with van der Waals surface area (Å²) in [6.45, 7) is 5.41. The lowest BCUT2D eigenvalue weighted by Gasteiger charge is -2.21. The van der Waals surface area contributed by atoms with Gasteiger partial charge in [0.2, 0.25) is 11.6 Å². The molecule has 1 aromatic rings. The molecule has 27 heavy (non-hydrogen) atoms. The number of benzene rings is 1. The summed E-state index contributed by atoms with van der Waals surface area (Å²) in [5.74, 6) is -0.836. The molecule has 0 bridgehead atoms. The summed E-state index contributed by atoms with van der Waals surface area (Å²) in [4.78, 5) is 40.8. The van der Waals surface area contributed by atoms with E-state index in [0.29, 0.717) is 22.7 Å². The highest BCUT2D eigenvalue weighted by atomic mass is 31.0. The zero-order valence-corrected chi connectivity index (χ0v) is 15.9. The van der Waals surface area contributed by atoms with Crippen LogP contribution in [-0.2, 0) is 9.59 Å². The number of hydrogen-bond acceptors (Lipinski definition) is 6. The summed E-state index contributed by atoms with van der Waals surface area (Å²) in [5, 5.41) is 9.46. The van der Waals surface area contributed by atoms with E-state index in [1.165, 1.54) is 6.08 Å². The Hall–Kier alpha value is -2.66. The van der Waals surface area contributed by atoms with Crippen LogP contribution in [0, 0.1) is 0 Å². The van der Waals surface area contributed by atoms with Crippen molar-refractivity contribution in [1.29, 1.82) is 0 Å². The normalized spacial score (nSPS) is 20.2. The standard InChI is InChI=1S/C12H13N3O2.C7H7O2P/c16-9-7-8(13-1-2-13)12(17)11(15-5-6-15)10(9)14-3-4-14;8-7(9)5-1-3-6(10)4-2-5/h7H,1-6H2;1-4H,10H2,(H,8,9). The third-order valence-electron chi connectivity index (χ3n) is 4.65. The van der Waals surface area contributed by atoms with E-state index in [9.17, 15) is 14.4 Å². The Bertz CT molecular complexity index is 879. The molecule has 5 rings (SSSR count). The molecule has 3 aliphatic heterocycles. The molecule has 1 unspecified atom stereocenters. The second kappa shape index (κ2) is 6.82. The number of hydrogen-bond donors (Lipinski definition) is 1. The summed E-state index contributed by atoms with van der Waals surface area (Å²) in [7, 11) is 2.49. The smallest absolute Gasteiger partial charge is 0.335 e. The number of ketones is 2. The van der Waals surface area contributed by atoms with Crippen molar-refractivity contribution in [1.82, 2.24) is 14.7 Å². The van der Waals surface area contributed by atoms with E-state index in [1.807, 2.05) is 14.7 Å². The first kappa shape index (κ1) is 17.7. The predicted octanol–water partition coefficient (Wildman–Crippen LogP) is 0.0657. The molecular formula is C19H20N3O4P. The van der Waals surface area contributed by atoms with E-state index in [1.54, 1.807) is 24.3 Å². The highest BCUT2D eigenvalue weighted by Gasteiger charge is 2.43. The Morgan fingerprint density at radius 2 is 1.37 bits per heavy atom. The van der Waals surface area contributed by atoms with Gasteiger partial charge in [-0.05, 0) is 17.4 Å². The molecule has 1 aliphatic carbocycles. The molecule has 0 spiro atoms. The average molecular weight is 385 g/mol. The first-order valence-corrected chi connectivity index (χ1v) is 9.42. The Balaban J connectivity index is 0.000000155. The minimum Gasteiger partial charge on any atom is -0.478 e. The van der Waals surface area contributed by atoms with Crippen LogP contribution >= 0.6 is 9.24 Å². The van der Waals surface area contributed by atoms with Crippen LogP contribution in [0.1, 0.15) is 10.4 Å². The summed E-state index contributed by atoms with van der Waals surface area (Å²) in [6.07, 6.45) is 1.52. The van der Waals surface area contributed by atoms with Crippen LogP contribution in [0.3, 0.4) is 0 Å². The van der Waals surface area contributed by atoms with Gasteiger partial charge in [0.1, 0.15) is 11.4 Å². The van der Waals surface area contributed by atoms with Gasteiger partial charge in [-0.25, -0.2) is 4.79 Å².